The van der Waals surface area contributed by atoms with Gasteiger partial charge in [-0.2, -0.15) is 0 Å². The maximum absolute atomic E-state index is 9.91. The summed E-state index contributed by atoms with van der Waals surface area (Å²) >= 11 is 3.40. The van der Waals surface area contributed by atoms with Crippen LogP contribution in [0.25, 0.3) is 0 Å². The van der Waals surface area contributed by atoms with Crippen molar-refractivity contribution in [1.82, 2.24) is 0 Å². The van der Waals surface area contributed by atoms with E-state index in [4.69, 9.17) is 10.5 Å². The summed E-state index contributed by atoms with van der Waals surface area (Å²) in [7, 11) is 0. The molecule has 0 amide bonds. The molecule has 3 N–H and O–H groups in total. The molecular formula is C11H14BrNO2. The van der Waals surface area contributed by atoms with Crippen molar-refractivity contribution < 1.29 is 9.84 Å². The minimum Gasteiger partial charge on any atom is -0.388 e. The first-order chi connectivity index (χ1) is 7.13. The highest BCUT2D eigenvalue weighted by Gasteiger charge is 2.38. The average Bonchev–Trinajstić information content (AvgIpc) is 2.23. The number of hydrogen-bond acceptors (Lipinski definition) is 3. The Kier molecular flexibility index (Phi) is 3.11. The van der Waals surface area contributed by atoms with Gasteiger partial charge in [-0.1, -0.05) is 28.1 Å². The highest BCUT2D eigenvalue weighted by atomic mass is 79.9. The maximum atomic E-state index is 9.91. The van der Waals surface area contributed by atoms with Crippen LogP contribution in [0.2, 0.25) is 0 Å². The third-order valence-electron chi connectivity index (χ3n) is 2.89. The SMILES string of the molecule is N[C@@]1(c2cccc(Br)c2)CCOC[C@@H]1O. The number of rotatable bonds is 1. The second-order valence-corrected chi connectivity index (χ2v) is 4.81. The van der Waals surface area contributed by atoms with Crippen LogP contribution in [0.15, 0.2) is 28.7 Å². The summed E-state index contributed by atoms with van der Waals surface area (Å²) in [6, 6.07) is 7.77. The van der Waals surface area contributed by atoms with Crippen LogP contribution in [-0.2, 0) is 10.3 Å². The largest absolute Gasteiger partial charge is 0.388 e. The molecule has 1 fully saturated rings. The Morgan fingerprint density at radius 1 is 1.53 bits per heavy atom. The minimum absolute atomic E-state index is 0.309. The lowest BCUT2D eigenvalue weighted by Gasteiger charge is -2.38. The summed E-state index contributed by atoms with van der Waals surface area (Å²) in [5.74, 6) is 0. The summed E-state index contributed by atoms with van der Waals surface area (Å²) in [5.41, 5.74) is 6.51. The van der Waals surface area contributed by atoms with Gasteiger partial charge in [-0.05, 0) is 24.1 Å². The van der Waals surface area contributed by atoms with Gasteiger partial charge in [0.2, 0.25) is 0 Å². The minimum atomic E-state index is -0.679. The molecule has 3 nitrogen and oxygen atoms in total. The van der Waals surface area contributed by atoms with Gasteiger partial charge in [0.25, 0.3) is 0 Å². The van der Waals surface area contributed by atoms with E-state index in [9.17, 15) is 5.11 Å². The fourth-order valence-corrected chi connectivity index (χ4v) is 2.27. The summed E-state index contributed by atoms with van der Waals surface area (Å²) < 4.78 is 6.16. The Morgan fingerprint density at radius 3 is 3.00 bits per heavy atom. The molecular weight excluding hydrogens is 258 g/mol. The number of aliphatic hydroxyl groups is 1. The Balaban J connectivity index is 2.34. The Labute approximate surface area is 97.4 Å². The Morgan fingerprint density at radius 2 is 2.33 bits per heavy atom. The van der Waals surface area contributed by atoms with Crippen LogP contribution in [-0.4, -0.2) is 24.4 Å². The number of hydrogen-bond donors (Lipinski definition) is 2. The fourth-order valence-electron chi connectivity index (χ4n) is 1.87. The van der Waals surface area contributed by atoms with Gasteiger partial charge in [-0.25, -0.2) is 0 Å². The molecule has 0 aromatic heterocycles. The molecule has 2 atom stereocenters. The molecule has 82 valence electrons. The van der Waals surface area contributed by atoms with Crippen molar-refractivity contribution >= 4 is 15.9 Å². The topological polar surface area (TPSA) is 55.5 Å². The molecule has 1 aromatic rings. The normalized spacial score (nSPS) is 31.5. The van der Waals surface area contributed by atoms with E-state index in [0.717, 1.165) is 10.0 Å². The molecule has 1 aliphatic heterocycles. The van der Waals surface area contributed by atoms with E-state index in [2.05, 4.69) is 15.9 Å². The molecule has 0 aliphatic carbocycles. The van der Waals surface area contributed by atoms with Crippen molar-refractivity contribution in [3.8, 4) is 0 Å². The molecule has 1 heterocycles. The lowest BCUT2D eigenvalue weighted by Crippen LogP contribution is -2.53. The van der Waals surface area contributed by atoms with Gasteiger partial charge in [0.05, 0.1) is 18.2 Å². The number of nitrogens with two attached hydrogens (primary N) is 1. The lowest BCUT2D eigenvalue weighted by atomic mass is 9.82. The van der Waals surface area contributed by atoms with Crippen LogP contribution in [0.1, 0.15) is 12.0 Å². The van der Waals surface area contributed by atoms with Crippen LogP contribution < -0.4 is 5.73 Å². The summed E-state index contributed by atoms with van der Waals surface area (Å²) in [6.45, 7) is 0.906. The zero-order valence-corrected chi connectivity index (χ0v) is 9.90. The van der Waals surface area contributed by atoms with Gasteiger partial charge in [-0.15, -0.1) is 0 Å². The van der Waals surface area contributed by atoms with Crippen molar-refractivity contribution in [2.24, 2.45) is 5.73 Å². The van der Waals surface area contributed by atoms with Gasteiger partial charge in [0.15, 0.2) is 0 Å². The van der Waals surface area contributed by atoms with Crippen molar-refractivity contribution in [1.29, 1.82) is 0 Å². The van der Waals surface area contributed by atoms with Crippen LogP contribution >= 0.6 is 15.9 Å². The highest BCUT2D eigenvalue weighted by molar-refractivity contribution is 9.10. The monoisotopic (exact) mass is 271 g/mol. The molecule has 1 aliphatic rings. The van der Waals surface area contributed by atoms with Gasteiger partial charge in [-0.3, -0.25) is 0 Å². The van der Waals surface area contributed by atoms with Gasteiger partial charge in [0.1, 0.15) is 0 Å². The summed E-state index contributed by atoms with van der Waals surface area (Å²) in [4.78, 5) is 0. The summed E-state index contributed by atoms with van der Waals surface area (Å²) in [6.07, 6.45) is 0.00509. The number of aliphatic hydroxyl groups excluding tert-OH is 1. The van der Waals surface area contributed by atoms with E-state index in [1.165, 1.54) is 0 Å². The van der Waals surface area contributed by atoms with E-state index in [1.54, 1.807) is 0 Å². The van der Waals surface area contributed by atoms with Crippen LogP contribution in [0.3, 0.4) is 0 Å². The van der Waals surface area contributed by atoms with E-state index in [-0.39, 0.29) is 0 Å². The predicted octanol–water partition coefficient (Wildman–Crippen LogP) is 1.38. The first-order valence-electron chi connectivity index (χ1n) is 4.94. The number of halogens is 1. The summed E-state index contributed by atoms with van der Waals surface area (Å²) in [5, 5.41) is 9.91. The zero-order chi connectivity index (χ0) is 10.9. The fraction of sp³-hybridized carbons (Fsp3) is 0.455. The smallest absolute Gasteiger partial charge is 0.0995 e. The molecule has 15 heavy (non-hydrogen) atoms. The second-order valence-electron chi connectivity index (χ2n) is 3.89. The van der Waals surface area contributed by atoms with Gasteiger partial charge >= 0.3 is 0 Å². The van der Waals surface area contributed by atoms with Crippen molar-refractivity contribution in [2.45, 2.75) is 18.1 Å². The van der Waals surface area contributed by atoms with Gasteiger partial charge < -0.3 is 15.6 Å². The molecule has 4 heteroatoms. The van der Waals surface area contributed by atoms with Crippen LogP contribution in [0.5, 0.6) is 0 Å². The molecule has 0 saturated carbocycles. The zero-order valence-electron chi connectivity index (χ0n) is 8.32. The van der Waals surface area contributed by atoms with E-state index in [1.807, 2.05) is 24.3 Å². The third-order valence-corrected chi connectivity index (χ3v) is 3.39. The standard InChI is InChI=1S/C11H14BrNO2/c12-9-3-1-2-8(6-9)11(13)4-5-15-7-10(11)14/h1-3,6,10,14H,4-5,7,13H2/t10-,11+/m0/s1. The molecule has 0 bridgehead atoms. The van der Waals surface area contributed by atoms with E-state index >= 15 is 0 Å². The number of ether oxygens (including phenoxy) is 1. The van der Waals surface area contributed by atoms with E-state index < -0.39 is 11.6 Å². The quantitative estimate of drug-likeness (QED) is 0.812. The molecule has 0 spiro atoms. The van der Waals surface area contributed by atoms with Crippen molar-refractivity contribution in [3.63, 3.8) is 0 Å². The van der Waals surface area contributed by atoms with Crippen LogP contribution in [0, 0.1) is 0 Å². The predicted molar refractivity (Wildman–Crippen MR) is 61.5 cm³/mol. The molecule has 1 saturated heterocycles. The van der Waals surface area contributed by atoms with Crippen LogP contribution in [0.4, 0.5) is 0 Å². The molecule has 0 radical (unpaired) electrons. The lowest BCUT2D eigenvalue weighted by molar-refractivity contribution is -0.0595. The molecule has 0 unspecified atom stereocenters. The molecule has 1 aromatic carbocycles. The first kappa shape index (κ1) is 11.1. The molecule has 2 rings (SSSR count). The second kappa shape index (κ2) is 4.22. The third kappa shape index (κ3) is 2.08. The maximum Gasteiger partial charge on any atom is 0.0995 e. The van der Waals surface area contributed by atoms with Gasteiger partial charge in [0, 0.05) is 11.1 Å². The van der Waals surface area contributed by atoms with E-state index in [0.29, 0.717) is 19.6 Å². The Bertz CT molecular complexity index is 358. The number of benzene rings is 1. The highest BCUT2D eigenvalue weighted by Crippen LogP contribution is 2.31. The first-order valence-corrected chi connectivity index (χ1v) is 5.73. The Hall–Kier alpha value is -0.420. The average molecular weight is 272 g/mol. The van der Waals surface area contributed by atoms with Crippen molar-refractivity contribution in [2.75, 3.05) is 13.2 Å². The van der Waals surface area contributed by atoms with Crippen molar-refractivity contribution in [3.05, 3.63) is 34.3 Å².